The predicted octanol–water partition coefficient (Wildman–Crippen LogP) is 3.54. The number of aliphatic hydroxyl groups is 2. The molecule has 2 rings (SSSR count). The van der Waals surface area contributed by atoms with Gasteiger partial charge in [0.1, 0.15) is 0 Å². The summed E-state index contributed by atoms with van der Waals surface area (Å²) < 4.78 is 0. The van der Waals surface area contributed by atoms with E-state index in [4.69, 9.17) is 5.11 Å². The van der Waals surface area contributed by atoms with Crippen molar-refractivity contribution in [3.8, 4) is 0 Å². The van der Waals surface area contributed by atoms with Gasteiger partial charge in [-0.1, -0.05) is 31.6 Å². The number of rotatable bonds is 5. The summed E-state index contributed by atoms with van der Waals surface area (Å²) in [4.78, 5) is 12.0. The fourth-order valence-corrected chi connectivity index (χ4v) is 5.22. The highest BCUT2D eigenvalue weighted by atomic mass is 16.4. The first-order chi connectivity index (χ1) is 11.2. The third kappa shape index (κ3) is 3.18. The molecule has 0 amide bonds. The summed E-state index contributed by atoms with van der Waals surface area (Å²) in [6, 6.07) is 0. The SMILES string of the molecule is C=C1CC[C@@H]2[C@](C)(CCC[C@]2(C)C(=O)O)[C@H]1C/C=C(\C)C(O)CO. The summed E-state index contributed by atoms with van der Waals surface area (Å²) in [7, 11) is 0. The normalized spacial score (nSPS) is 38.5. The molecular formula is C20H32O4. The van der Waals surface area contributed by atoms with Crippen LogP contribution in [0.4, 0.5) is 0 Å². The van der Waals surface area contributed by atoms with Crippen molar-refractivity contribution in [1.82, 2.24) is 0 Å². The highest BCUT2D eigenvalue weighted by Crippen LogP contribution is 2.61. The molecule has 5 atom stereocenters. The number of carbonyl (C=O) groups is 1. The number of carboxylic acids is 1. The van der Waals surface area contributed by atoms with Crippen LogP contribution in [0.5, 0.6) is 0 Å². The Kier molecular flexibility index (Phi) is 5.61. The summed E-state index contributed by atoms with van der Waals surface area (Å²) in [6.45, 7) is 9.98. The van der Waals surface area contributed by atoms with Crippen LogP contribution in [0.15, 0.2) is 23.8 Å². The molecular weight excluding hydrogens is 304 g/mol. The van der Waals surface area contributed by atoms with Crippen molar-refractivity contribution in [2.75, 3.05) is 6.61 Å². The first-order valence-corrected chi connectivity index (χ1v) is 9.03. The largest absolute Gasteiger partial charge is 0.481 e. The Labute approximate surface area is 145 Å². The van der Waals surface area contributed by atoms with E-state index in [1.807, 2.05) is 19.9 Å². The summed E-state index contributed by atoms with van der Waals surface area (Å²) in [5.41, 5.74) is 1.25. The minimum Gasteiger partial charge on any atom is -0.481 e. The fourth-order valence-electron chi connectivity index (χ4n) is 5.22. The molecule has 0 saturated heterocycles. The van der Waals surface area contributed by atoms with Crippen molar-refractivity contribution in [1.29, 1.82) is 0 Å². The Morgan fingerprint density at radius 1 is 1.42 bits per heavy atom. The fraction of sp³-hybridized carbons (Fsp3) is 0.750. The number of aliphatic hydroxyl groups excluding tert-OH is 2. The predicted molar refractivity (Wildman–Crippen MR) is 94.5 cm³/mol. The molecule has 4 nitrogen and oxygen atoms in total. The van der Waals surface area contributed by atoms with Gasteiger partial charge < -0.3 is 15.3 Å². The average Bonchev–Trinajstić information content (AvgIpc) is 2.52. The van der Waals surface area contributed by atoms with Crippen LogP contribution in [0.2, 0.25) is 0 Å². The van der Waals surface area contributed by atoms with Gasteiger partial charge in [0.25, 0.3) is 0 Å². The number of hydrogen-bond donors (Lipinski definition) is 3. The first-order valence-electron chi connectivity index (χ1n) is 9.03. The van der Waals surface area contributed by atoms with E-state index in [9.17, 15) is 15.0 Å². The summed E-state index contributed by atoms with van der Waals surface area (Å²) in [5.74, 6) is -0.286. The van der Waals surface area contributed by atoms with Crippen LogP contribution in [0.3, 0.4) is 0 Å². The van der Waals surface area contributed by atoms with Gasteiger partial charge in [-0.25, -0.2) is 0 Å². The lowest BCUT2D eigenvalue weighted by molar-refractivity contribution is -0.164. The summed E-state index contributed by atoms with van der Waals surface area (Å²) in [6.07, 6.45) is 6.42. The van der Waals surface area contributed by atoms with Gasteiger partial charge >= 0.3 is 5.97 Å². The maximum Gasteiger partial charge on any atom is 0.309 e. The van der Waals surface area contributed by atoms with Crippen molar-refractivity contribution >= 4 is 5.97 Å². The molecule has 0 aromatic rings. The van der Waals surface area contributed by atoms with Crippen LogP contribution in [0.25, 0.3) is 0 Å². The summed E-state index contributed by atoms with van der Waals surface area (Å²) in [5, 5.41) is 28.7. The molecule has 24 heavy (non-hydrogen) atoms. The molecule has 0 aromatic heterocycles. The minimum atomic E-state index is -0.818. The average molecular weight is 336 g/mol. The second-order valence-electron chi connectivity index (χ2n) is 8.27. The Morgan fingerprint density at radius 2 is 2.08 bits per heavy atom. The van der Waals surface area contributed by atoms with Gasteiger partial charge in [-0.3, -0.25) is 4.79 Å². The lowest BCUT2D eigenvalue weighted by Crippen LogP contribution is -2.53. The van der Waals surface area contributed by atoms with E-state index in [0.29, 0.717) is 0 Å². The van der Waals surface area contributed by atoms with Crippen LogP contribution in [0, 0.1) is 22.7 Å². The molecule has 2 fully saturated rings. The third-order valence-corrected chi connectivity index (χ3v) is 6.88. The zero-order valence-corrected chi connectivity index (χ0v) is 15.2. The Hall–Kier alpha value is -1.13. The van der Waals surface area contributed by atoms with Crippen molar-refractivity contribution < 1.29 is 20.1 Å². The van der Waals surface area contributed by atoms with Crippen LogP contribution < -0.4 is 0 Å². The van der Waals surface area contributed by atoms with Gasteiger partial charge in [-0.15, -0.1) is 0 Å². The Bertz CT molecular complexity index is 538. The lowest BCUT2D eigenvalue weighted by Gasteiger charge is -2.57. The molecule has 2 saturated carbocycles. The third-order valence-electron chi connectivity index (χ3n) is 6.88. The smallest absolute Gasteiger partial charge is 0.309 e. The molecule has 136 valence electrons. The second kappa shape index (κ2) is 7.01. The zero-order chi connectivity index (χ0) is 18.1. The summed E-state index contributed by atoms with van der Waals surface area (Å²) >= 11 is 0. The number of allylic oxidation sites excluding steroid dienone is 2. The Morgan fingerprint density at radius 3 is 2.67 bits per heavy atom. The van der Waals surface area contributed by atoms with Gasteiger partial charge in [-0.05, 0) is 68.8 Å². The molecule has 2 aliphatic carbocycles. The van der Waals surface area contributed by atoms with E-state index in [2.05, 4.69) is 13.5 Å². The van der Waals surface area contributed by atoms with E-state index in [1.165, 1.54) is 5.57 Å². The first kappa shape index (κ1) is 19.2. The van der Waals surface area contributed by atoms with E-state index in [0.717, 1.165) is 44.1 Å². The van der Waals surface area contributed by atoms with Crippen LogP contribution in [-0.4, -0.2) is 34.0 Å². The molecule has 1 unspecified atom stereocenters. The van der Waals surface area contributed by atoms with E-state index in [1.54, 1.807) is 0 Å². The molecule has 4 heteroatoms. The van der Waals surface area contributed by atoms with E-state index in [-0.39, 0.29) is 23.9 Å². The standard InChI is InChI=1S/C20H32O4/c1-13-7-9-17-19(3,10-5-11-20(17,4)18(23)24)15(13)8-6-14(2)16(22)12-21/h6,15-17,21-22H,1,5,7-12H2,2-4H3,(H,23,24)/b14-6+/t15-,16?,17+,19+,20-/m0/s1. The van der Waals surface area contributed by atoms with Crippen molar-refractivity contribution in [2.24, 2.45) is 22.7 Å². The van der Waals surface area contributed by atoms with Gasteiger partial charge in [0.05, 0.1) is 18.1 Å². The molecule has 0 aliphatic heterocycles. The maximum atomic E-state index is 12.0. The van der Waals surface area contributed by atoms with Gasteiger partial charge in [-0.2, -0.15) is 0 Å². The molecule has 0 spiro atoms. The molecule has 0 heterocycles. The monoisotopic (exact) mass is 336 g/mol. The lowest BCUT2D eigenvalue weighted by atomic mass is 9.46. The van der Waals surface area contributed by atoms with E-state index >= 15 is 0 Å². The molecule has 0 radical (unpaired) electrons. The number of fused-ring (bicyclic) bond motifs is 1. The minimum absolute atomic E-state index is 0.0678. The van der Waals surface area contributed by atoms with E-state index < -0.39 is 17.5 Å². The van der Waals surface area contributed by atoms with Crippen molar-refractivity contribution in [2.45, 2.75) is 65.4 Å². The zero-order valence-electron chi connectivity index (χ0n) is 15.2. The maximum absolute atomic E-state index is 12.0. The van der Waals surface area contributed by atoms with Gasteiger partial charge in [0, 0.05) is 0 Å². The Balaban J connectivity index is 2.30. The number of aliphatic carboxylic acids is 1. The van der Waals surface area contributed by atoms with Gasteiger partial charge in [0.15, 0.2) is 0 Å². The second-order valence-corrected chi connectivity index (χ2v) is 8.27. The van der Waals surface area contributed by atoms with Crippen molar-refractivity contribution in [3.63, 3.8) is 0 Å². The van der Waals surface area contributed by atoms with Gasteiger partial charge in [0.2, 0.25) is 0 Å². The van der Waals surface area contributed by atoms with Crippen LogP contribution in [-0.2, 0) is 4.79 Å². The number of carboxylic acid groups (broad SMARTS) is 1. The molecule has 0 bridgehead atoms. The van der Waals surface area contributed by atoms with Crippen molar-refractivity contribution in [3.05, 3.63) is 23.8 Å². The molecule has 2 aliphatic rings. The molecule has 3 N–H and O–H groups in total. The quantitative estimate of drug-likeness (QED) is 0.671. The highest BCUT2D eigenvalue weighted by Gasteiger charge is 2.57. The van der Waals surface area contributed by atoms with Crippen LogP contribution >= 0.6 is 0 Å². The molecule has 0 aromatic carbocycles. The number of hydrogen-bond acceptors (Lipinski definition) is 3. The topological polar surface area (TPSA) is 77.8 Å². The van der Waals surface area contributed by atoms with Crippen LogP contribution in [0.1, 0.15) is 59.3 Å². The highest BCUT2D eigenvalue weighted by molar-refractivity contribution is 5.75.